The van der Waals surface area contributed by atoms with Crippen LogP contribution in [0.3, 0.4) is 0 Å². The summed E-state index contributed by atoms with van der Waals surface area (Å²) in [6.45, 7) is 8.79. The number of hydrogen-bond donors (Lipinski definition) is 3. The van der Waals surface area contributed by atoms with Gasteiger partial charge < -0.3 is 16.0 Å². The molecule has 0 radical (unpaired) electrons. The number of unbranched alkanes of at least 4 members (excludes halogenated alkanes) is 2. The zero-order valence-electron chi connectivity index (χ0n) is 13.7. The molecule has 0 saturated heterocycles. The molecule has 0 saturated carbocycles. The Kier molecular flexibility index (Phi) is 12.1. The van der Waals surface area contributed by atoms with Gasteiger partial charge in [-0.1, -0.05) is 43.7 Å². The quantitative estimate of drug-likeness (QED) is 0.461. The molecule has 0 fully saturated rings. The van der Waals surface area contributed by atoms with E-state index in [1.54, 1.807) is 0 Å². The maximum absolute atomic E-state index is 3.50. The monoisotopic (exact) mass is 291 g/mol. The molecule has 1 aromatic carbocycles. The van der Waals surface area contributed by atoms with Gasteiger partial charge in [-0.2, -0.15) is 0 Å². The molecule has 0 aliphatic heterocycles. The average Bonchev–Trinajstić information content (AvgIpc) is 2.53. The minimum absolute atomic E-state index is 1.06. The first-order valence-corrected chi connectivity index (χ1v) is 8.59. The lowest BCUT2D eigenvalue weighted by Gasteiger charge is -2.07. The fraction of sp³-hybridized carbons (Fsp3) is 0.667. The van der Waals surface area contributed by atoms with Crippen LogP contribution >= 0.6 is 0 Å². The standard InChI is InChI=1S/C18H33N3/c1-2-3-12-19-14-16-21-17-15-20-13-8-7-11-18-9-5-4-6-10-18/h4-6,9-10,19-21H,2-3,7-8,11-17H2,1H3. The first-order chi connectivity index (χ1) is 10.4. The van der Waals surface area contributed by atoms with Crippen LogP contribution in [0.2, 0.25) is 0 Å². The van der Waals surface area contributed by atoms with Gasteiger partial charge in [0.15, 0.2) is 0 Å². The van der Waals surface area contributed by atoms with E-state index in [1.165, 1.54) is 37.7 Å². The highest BCUT2D eigenvalue weighted by molar-refractivity contribution is 5.14. The smallest absolute Gasteiger partial charge is 0.00772 e. The van der Waals surface area contributed by atoms with E-state index in [0.717, 1.165) is 39.3 Å². The zero-order chi connectivity index (χ0) is 15.0. The third-order valence-electron chi connectivity index (χ3n) is 3.58. The Hall–Kier alpha value is -0.900. The molecule has 0 spiro atoms. The van der Waals surface area contributed by atoms with Crippen molar-refractivity contribution in [3.8, 4) is 0 Å². The van der Waals surface area contributed by atoms with Gasteiger partial charge in [-0.15, -0.1) is 0 Å². The molecule has 3 nitrogen and oxygen atoms in total. The Morgan fingerprint density at radius 1 is 0.667 bits per heavy atom. The van der Waals surface area contributed by atoms with Crippen LogP contribution in [0.15, 0.2) is 30.3 Å². The Balaban J connectivity index is 1.75. The van der Waals surface area contributed by atoms with Gasteiger partial charge in [0.05, 0.1) is 0 Å². The van der Waals surface area contributed by atoms with E-state index in [2.05, 4.69) is 53.2 Å². The summed E-state index contributed by atoms with van der Waals surface area (Å²) >= 11 is 0. The minimum atomic E-state index is 1.06. The van der Waals surface area contributed by atoms with Crippen LogP contribution in [0.4, 0.5) is 0 Å². The maximum Gasteiger partial charge on any atom is 0.00772 e. The summed E-state index contributed by atoms with van der Waals surface area (Å²) in [5.41, 5.74) is 1.45. The van der Waals surface area contributed by atoms with Crippen LogP contribution in [-0.2, 0) is 6.42 Å². The normalized spacial score (nSPS) is 10.9. The van der Waals surface area contributed by atoms with Crippen LogP contribution in [0, 0.1) is 0 Å². The van der Waals surface area contributed by atoms with Crippen molar-refractivity contribution >= 4 is 0 Å². The molecule has 1 aromatic rings. The first kappa shape index (κ1) is 18.1. The largest absolute Gasteiger partial charge is 0.315 e. The second kappa shape index (κ2) is 14.1. The Labute approximate surface area is 130 Å². The van der Waals surface area contributed by atoms with E-state index in [-0.39, 0.29) is 0 Å². The predicted molar refractivity (Wildman–Crippen MR) is 92.9 cm³/mol. The fourth-order valence-corrected chi connectivity index (χ4v) is 2.25. The third kappa shape index (κ3) is 11.4. The summed E-state index contributed by atoms with van der Waals surface area (Å²) in [7, 11) is 0. The van der Waals surface area contributed by atoms with Crippen molar-refractivity contribution in [1.29, 1.82) is 0 Å². The van der Waals surface area contributed by atoms with Gasteiger partial charge in [-0.05, 0) is 44.3 Å². The van der Waals surface area contributed by atoms with E-state index < -0.39 is 0 Å². The van der Waals surface area contributed by atoms with Gasteiger partial charge in [-0.25, -0.2) is 0 Å². The van der Waals surface area contributed by atoms with Crippen LogP contribution in [0.25, 0.3) is 0 Å². The third-order valence-corrected chi connectivity index (χ3v) is 3.58. The molecule has 0 aliphatic carbocycles. The highest BCUT2D eigenvalue weighted by Gasteiger charge is 1.93. The first-order valence-electron chi connectivity index (χ1n) is 8.59. The van der Waals surface area contributed by atoms with Gasteiger partial charge in [0.2, 0.25) is 0 Å². The molecule has 21 heavy (non-hydrogen) atoms. The molecular formula is C18H33N3. The topological polar surface area (TPSA) is 36.1 Å². The van der Waals surface area contributed by atoms with Crippen molar-refractivity contribution in [2.24, 2.45) is 0 Å². The second-order valence-corrected chi connectivity index (χ2v) is 5.55. The number of rotatable bonds is 14. The van der Waals surface area contributed by atoms with Crippen LogP contribution in [-0.4, -0.2) is 39.3 Å². The SMILES string of the molecule is CCCCNCCNCCNCCCCc1ccccc1. The summed E-state index contributed by atoms with van der Waals surface area (Å²) in [6, 6.07) is 10.8. The molecule has 0 aliphatic rings. The van der Waals surface area contributed by atoms with Crippen molar-refractivity contribution in [1.82, 2.24) is 16.0 Å². The van der Waals surface area contributed by atoms with E-state index in [4.69, 9.17) is 0 Å². The van der Waals surface area contributed by atoms with Gasteiger partial charge in [-0.3, -0.25) is 0 Å². The molecule has 0 bridgehead atoms. The number of hydrogen-bond acceptors (Lipinski definition) is 3. The van der Waals surface area contributed by atoms with Crippen molar-refractivity contribution in [3.05, 3.63) is 35.9 Å². The molecule has 120 valence electrons. The summed E-state index contributed by atoms with van der Waals surface area (Å²) in [6.07, 6.45) is 6.28. The minimum Gasteiger partial charge on any atom is -0.315 e. The van der Waals surface area contributed by atoms with E-state index >= 15 is 0 Å². The summed E-state index contributed by atoms with van der Waals surface area (Å²) < 4.78 is 0. The summed E-state index contributed by atoms with van der Waals surface area (Å²) in [5.74, 6) is 0. The second-order valence-electron chi connectivity index (χ2n) is 5.55. The molecule has 1 rings (SSSR count). The van der Waals surface area contributed by atoms with Crippen molar-refractivity contribution in [3.63, 3.8) is 0 Å². The van der Waals surface area contributed by atoms with Crippen LogP contribution in [0.1, 0.15) is 38.2 Å². The molecule has 0 unspecified atom stereocenters. The molecular weight excluding hydrogens is 258 g/mol. The number of benzene rings is 1. The van der Waals surface area contributed by atoms with Gasteiger partial charge in [0.1, 0.15) is 0 Å². The molecule has 3 heteroatoms. The highest BCUT2D eigenvalue weighted by Crippen LogP contribution is 2.03. The molecule has 0 heterocycles. The van der Waals surface area contributed by atoms with Crippen molar-refractivity contribution < 1.29 is 0 Å². The van der Waals surface area contributed by atoms with Crippen LogP contribution in [0.5, 0.6) is 0 Å². The van der Waals surface area contributed by atoms with Gasteiger partial charge in [0, 0.05) is 26.2 Å². The maximum atomic E-state index is 3.50. The van der Waals surface area contributed by atoms with Crippen molar-refractivity contribution in [2.45, 2.75) is 39.0 Å². The van der Waals surface area contributed by atoms with E-state index in [0.29, 0.717) is 0 Å². The lowest BCUT2D eigenvalue weighted by Crippen LogP contribution is -2.33. The van der Waals surface area contributed by atoms with Gasteiger partial charge >= 0.3 is 0 Å². The summed E-state index contributed by atoms with van der Waals surface area (Å²) in [5, 5.41) is 10.4. The predicted octanol–water partition coefficient (Wildman–Crippen LogP) is 2.58. The lowest BCUT2D eigenvalue weighted by atomic mass is 10.1. The molecule has 0 atom stereocenters. The van der Waals surface area contributed by atoms with E-state index in [9.17, 15) is 0 Å². The Morgan fingerprint density at radius 2 is 1.24 bits per heavy atom. The molecule has 0 amide bonds. The fourth-order valence-electron chi connectivity index (χ4n) is 2.25. The average molecular weight is 291 g/mol. The number of aryl methyl sites for hydroxylation is 1. The Bertz CT molecular complexity index is 313. The molecule has 3 N–H and O–H groups in total. The van der Waals surface area contributed by atoms with Crippen LogP contribution < -0.4 is 16.0 Å². The van der Waals surface area contributed by atoms with Crippen molar-refractivity contribution in [2.75, 3.05) is 39.3 Å². The summed E-state index contributed by atoms with van der Waals surface area (Å²) in [4.78, 5) is 0. The van der Waals surface area contributed by atoms with Gasteiger partial charge in [0.25, 0.3) is 0 Å². The number of nitrogens with one attached hydrogen (secondary N) is 3. The highest BCUT2D eigenvalue weighted by atomic mass is 15.0. The van der Waals surface area contributed by atoms with E-state index in [1.807, 2.05) is 0 Å². The lowest BCUT2D eigenvalue weighted by molar-refractivity contribution is 0.562. The molecule has 0 aromatic heterocycles. The Morgan fingerprint density at radius 3 is 1.86 bits per heavy atom. The zero-order valence-corrected chi connectivity index (χ0v) is 13.7.